The first-order valence-electron chi connectivity index (χ1n) is 8.47. The zero-order valence-corrected chi connectivity index (χ0v) is 14.6. The Morgan fingerprint density at radius 3 is 2.42 bits per heavy atom. The smallest absolute Gasteiger partial charge is 0.135 e. The summed E-state index contributed by atoms with van der Waals surface area (Å²) in [6.45, 7) is 6.35. The Kier molecular flexibility index (Phi) is 4.24. The van der Waals surface area contributed by atoms with Crippen LogP contribution in [0.15, 0.2) is 24.3 Å². The summed E-state index contributed by atoms with van der Waals surface area (Å²) >= 11 is 0. The number of aromatic nitrogens is 3. The van der Waals surface area contributed by atoms with Gasteiger partial charge < -0.3 is 9.64 Å². The van der Waals surface area contributed by atoms with Crippen LogP contribution in [0, 0.1) is 25.5 Å². The van der Waals surface area contributed by atoms with Crippen molar-refractivity contribution in [3.63, 3.8) is 0 Å². The summed E-state index contributed by atoms with van der Waals surface area (Å²) in [6.07, 6.45) is 0. The number of halogens is 2. The predicted octanol–water partition coefficient (Wildman–Crippen LogP) is 3.42. The van der Waals surface area contributed by atoms with Gasteiger partial charge in [0.25, 0.3) is 0 Å². The number of fused-ring (bicyclic) bond motifs is 1. The molecule has 26 heavy (non-hydrogen) atoms. The maximum Gasteiger partial charge on any atom is 0.135 e. The highest BCUT2D eigenvalue weighted by atomic mass is 19.1. The minimum absolute atomic E-state index is 0.212. The number of benzene rings is 1. The Bertz CT molecular complexity index is 987. The molecule has 1 fully saturated rings. The summed E-state index contributed by atoms with van der Waals surface area (Å²) in [6, 6.07) is 5.35. The lowest BCUT2D eigenvalue weighted by molar-refractivity contribution is 0.122. The third-order valence-electron chi connectivity index (χ3n) is 4.57. The average molecular weight is 356 g/mol. The highest BCUT2D eigenvalue weighted by Gasteiger charge is 2.20. The van der Waals surface area contributed by atoms with Gasteiger partial charge in [-0.05, 0) is 26.0 Å². The van der Waals surface area contributed by atoms with Gasteiger partial charge in [0, 0.05) is 30.8 Å². The molecule has 1 aliphatic heterocycles. The van der Waals surface area contributed by atoms with E-state index in [4.69, 9.17) is 4.74 Å². The second-order valence-electron chi connectivity index (χ2n) is 6.31. The topological polar surface area (TPSA) is 51.1 Å². The summed E-state index contributed by atoms with van der Waals surface area (Å²) in [5, 5.41) is 0. The average Bonchev–Trinajstić information content (AvgIpc) is 2.63. The first-order chi connectivity index (χ1) is 12.5. The van der Waals surface area contributed by atoms with Crippen molar-refractivity contribution in [2.24, 2.45) is 0 Å². The Morgan fingerprint density at radius 2 is 1.69 bits per heavy atom. The van der Waals surface area contributed by atoms with E-state index in [1.807, 2.05) is 19.9 Å². The molecule has 5 nitrogen and oxygen atoms in total. The van der Waals surface area contributed by atoms with Crippen LogP contribution >= 0.6 is 0 Å². The molecule has 7 heteroatoms. The van der Waals surface area contributed by atoms with Crippen LogP contribution in [-0.2, 0) is 4.74 Å². The third kappa shape index (κ3) is 2.99. The van der Waals surface area contributed by atoms with Crippen LogP contribution in [0.4, 0.5) is 14.6 Å². The second-order valence-corrected chi connectivity index (χ2v) is 6.31. The fourth-order valence-electron chi connectivity index (χ4n) is 3.04. The highest BCUT2D eigenvalue weighted by Crippen LogP contribution is 2.31. The molecule has 0 aliphatic carbocycles. The first kappa shape index (κ1) is 16.8. The number of rotatable bonds is 2. The van der Waals surface area contributed by atoms with Crippen molar-refractivity contribution < 1.29 is 13.5 Å². The fraction of sp³-hybridized carbons (Fsp3) is 0.316. The van der Waals surface area contributed by atoms with E-state index in [1.54, 1.807) is 0 Å². The molecule has 1 aliphatic rings. The number of morpholine rings is 1. The van der Waals surface area contributed by atoms with Gasteiger partial charge in [0.2, 0.25) is 0 Å². The molecule has 0 bridgehead atoms. The zero-order valence-electron chi connectivity index (χ0n) is 14.6. The molecule has 134 valence electrons. The van der Waals surface area contributed by atoms with Gasteiger partial charge in [-0.15, -0.1) is 0 Å². The second kappa shape index (κ2) is 6.57. The lowest BCUT2D eigenvalue weighted by Crippen LogP contribution is -2.36. The molecule has 1 saturated heterocycles. The molecule has 2 aromatic heterocycles. The van der Waals surface area contributed by atoms with Crippen molar-refractivity contribution in [3.8, 4) is 11.3 Å². The predicted molar refractivity (Wildman–Crippen MR) is 95.2 cm³/mol. The lowest BCUT2D eigenvalue weighted by atomic mass is 10.1. The fourth-order valence-corrected chi connectivity index (χ4v) is 3.04. The summed E-state index contributed by atoms with van der Waals surface area (Å²) in [4.78, 5) is 15.9. The number of ether oxygens (including phenoxy) is 1. The largest absolute Gasteiger partial charge is 0.378 e. The van der Waals surface area contributed by atoms with Crippen molar-refractivity contribution in [2.45, 2.75) is 13.8 Å². The van der Waals surface area contributed by atoms with Gasteiger partial charge in [-0.25, -0.2) is 23.7 Å². The zero-order chi connectivity index (χ0) is 18.3. The van der Waals surface area contributed by atoms with Crippen molar-refractivity contribution in [3.05, 3.63) is 47.3 Å². The highest BCUT2D eigenvalue weighted by molar-refractivity contribution is 5.91. The van der Waals surface area contributed by atoms with Crippen molar-refractivity contribution in [2.75, 3.05) is 31.2 Å². The van der Waals surface area contributed by atoms with Crippen molar-refractivity contribution in [1.82, 2.24) is 15.0 Å². The summed E-state index contributed by atoms with van der Waals surface area (Å²) in [5.74, 6) is -0.604. The SMILES string of the molecule is Cc1nc2cc(N3CCOCC3)nc(-c3ccc(F)cc3F)c2nc1C. The van der Waals surface area contributed by atoms with Crippen LogP contribution in [0.1, 0.15) is 11.4 Å². The molecule has 0 saturated carbocycles. The van der Waals surface area contributed by atoms with Crippen LogP contribution in [0.3, 0.4) is 0 Å². The Labute approximate surface area is 149 Å². The van der Waals surface area contributed by atoms with Crippen LogP contribution < -0.4 is 4.90 Å². The number of hydrogen-bond acceptors (Lipinski definition) is 5. The summed E-state index contributed by atoms with van der Waals surface area (Å²) < 4.78 is 33.2. The minimum Gasteiger partial charge on any atom is -0.378 e. The van der Waals surface area contributed by atoms with Gasteiger partial charge in [0.05, 0.1) is 30.1 Å². The standard InChI is InChI=1S/C19H18F2N4O/c1-11-12(2)23-19-16(22-11)10-17(25-5-7-26-8-6-25)24-18(19)14-4-3-13(20)9-15(14)21/h3-4,9-10H,5-8H2,1-2H3. The van der Waals surface area contributed by atoms with E-state index in [9.17, 15) is 8.78 Å². The summed E-state index contributed by atoms with van der Waals surface area (Å²) in [5.41, 5.74) is 3.30. The van der Waals surface area contributed by atoms with Crippen LogP contribution in [0.25, 0.3) is 22.3 Å². The van der Waals surface area contributed by atoms with Crippen LogP contribution in [0.5, 0.6) is 0 Å². The van der Waals surface area contributed by atoms with Crippen molar-refractivity contribution in [1.29, 1.82) is 0 Å². The van der Waals surface area contributed by atoms with Crippen LogP contribution in [-0.4, -0.2) is 41.3 Å². The van der Waals surface area contributed by atoms with Crippen LogP contribution in [0.2, 0.25) is 0 Å². The maximum atomic E-state index is 14.5. The van der Waals surface area contributed by atoms with Gasteiger partial charge in [0.1, 0.15) is 28.7 Å². The minimum atomic E-state index is -0.669. The Hall–Kier alpha value is -2.67. The van der Waals surface area contributed by atoms with E-state index < -0.39 is 11.6 Å². The number of anilines is 1. The molecule has 0 N–H and O–H groups in total. The Morgan fingerprint density at radius 1 is 0.962 bits per heavy atom. The number of nitrogens with zero attached hydrogens (tertiary/aromatic N) is 4. The number of pyridine rings is 1. The molecule has 3 aromatic rings. The van der Waals surface area contributed by atoms with E-state index >= 15 is 0 Å². The van der Waals surface area contributed by atoms with Gasteiger partial charge in [-0.2, -0.15) is 0 Å². The van der Waals surface area contributed by atoms with Gasteiger partial charge >= 0.3 is 0 Å². The van der Waals surface area contributed by atoms with Gasteiger partial charge in [-0.1, -0.05) is 0 Å². The van der Waals surface area contributed by atoms with E-state index in [2.05, 4.69) is 19.9 Å². The molecule has 1 aromatic carbocycles. The molecular weight excluding hydrogens is 338 g/mol. The van der Waals surface area contributed by atoms with E-state index in [1.165, 1.54) is 12.1 Å². The molecular formula is C19H18F2N4O. The van der Waals surface area contributed by atoms with E-state index in [0.717, 1.165) is 17.5 Å². The summed E-state index contributed by atoms with van der Waals surface area (Å²) in [7, 11) is 0. The Balaban J connectivity index is 1.97. The molecule has 0 radical (unpaired) electrons. The molecule has 0 amide bonds. The van der Waals surface area contributed by atoms with Gasteiger partial charge in [0.15, 0.2) is 0 Å². The normalized spacial score (nSPS) is 14.8. The molecule has 0 spiro atoms. The van der Waals surface area contributed by atoms with Gasteiger partial charge in [-0.3, -0.25) is 0 Å². The lowest BCUT2D eigenvalue weighted by Gasteiger charge is -2.28. The molecule has 0 unspecified atom stereocenters. The third-order valence-corrected chi connectivity index (χ3v) is 4.57. The molecule has 4 rings (SSSR count). The van der Waals surface area contributed by atoms with E-state index in [0.29, 0.717) is 48.8 Å². The number of aryl methyl sites for hydroxylation is 2. The monoisotopic (exact) mass is 356 g/mol. The molecule has 0 atom stereocenters. The number of hydrogen-bond donors (Lipinski definition) is 0. The molecule has 3 heterocycles. The first-order valence-corrected chi connectivity index (χ1v) is 8.47. The maximum absolute atomic E-state index is 14.5. The van der Waals surface area contributed by atoms with E-state index in [-0.39, 0.29) is 5.56 Å². The van der Waals surface area contributed by atoms with Crippen molar-refractivity contribution >= 4 is 16.9 Å². The quantitative estimate of drug-likeness (QED) is 0.704.